The van der Waals surface area contributed by atoms with Gasteiger partial charge in [0.15, 0.2) is 0 Å². The summed E-state index contributed by atoms with van der Waals surface area (Å²) >= 11 is 0. The van der Waals surface area contributed by atoms with Crippen LogP contribution in [0.1, 0.15) is 6.42 Å². The Kier molecular flexibility index (Phi) is 3.14. The van der Waals surface area contributed by atoms with Crippen molar-refractivity contribution in [3.8, 4) is 0 Å². The van der Waals surface area contributed by atoms with Crippen LogP contribution in [-0.2, 0) is 0 Å². The van der Waals surface area contributed by atoms with Crippen LogP contribution in [0.5, 0.6) is 0 Å². The summed E-state index contributed by atoms with van der Waals surface area (Å²) < 4.78 is 0. The molecule has 0 aromatic rings. The van der Waals surface area contributed by atoms with Gasteiger partial charge < -0.3 is 17.2 Å². The van der Waals surface area contributed by atoms with E-state index in [0.717, 1.165) is 0 Å². The van der Waals surface area contributed by atoms with E-state index in [1.165, 1.54) is 6.20 Å². The third kappa shape index (κ3) is 3.12. The molecule has 0 spiro atoms. The molecule has 3 nitrogen and oxygen atoms in total. The number of hydrogen-bond donors (Lipinski definition) is 3. The van der Waals surface area contributed by atoms with Crippen molar-refractivity contribution in [3.05, 3.63) is 11.9 Å². The highest BCUT2D eigenvalue weighted by atomic mass is 14.6. The number of hydrogen-bond acceptors (Lipinski definition) is 3. The fourth-order valence-electron chi connectivity index (χ4n) is 0.250. The molecule has 0 saturated heterocycles. The predicted molar refractivity (Wildman–Crippen MR) is 30.1 cm³/mol. The zero-order valence-electron chi connectivity index (χ0n) is 4.22. The van der Waals surface area contributed by atoms with Crippen molar-refractivity contribution in [1.29, 1.82) is 0 Å². The zero-order chi connectivity index (χ0) is 5.70. The average molecular weight is 101 g/mol. The Morgan fingerprint density at radius 2 is 2.14 bits per heavy atom. The summed E-state index contributed by atoms with van der Waals surface area (Å²) in [5.41, 5.74) is 16.0. The maximum Gasteiger partial charge on any atom is 0.0250 e. The average Bonchev–Trinajstić information content (AvgIpc) is 1.68. The standard InChI is InChI=1S/C4H11N3/c5-2-1-4(7)3-6/h3H,1-2,5-7H2. The summed E-state index contributed by atoms with van der Waals surface area (Å²) in [6.45, 7) is 0.569. The first kappa shape index (κ1) is 6.30. The van der Waals surface area contributed by atoms with Crippen molar-refractivity contribution < 1.29 is 0 Å². The number of nitrogens with two attached hydrogens (primary N) is 3. The molecule has 0 saturated carbocycles. The topological polar surface area (TPSA) is 78.1 Å². The molecule has 0 aliphatic heterocycles. The van der Waals surface area contributed by atoms with Crippen molar-refractivity contribution in [2.75, 3.05) is 6.54 Å². The minimum Gasteiger partial charge on any atom is -0.403 e. The van der Waals surface area contributed by atoms with Gasteiger partial charge in [-0.3, -0.25) is 0 Å². The first-order chi connectivity index (χ1) is 3.31. The van der Waals surface area contributed by atoms with Crippen molar-refractivity contribution in [1.82, 2.24) is 0 Å². The van der Waals surface area contributed by atoms with Crippen LogP contribution in [0.3, 0.4) is 0 Å². The largest absolute Gasteiger partial charge is 0.403 e. The summed E-state index contributed by atoms with van der Waals surface area (Å²) in [5.74, 6) is 0. The summed E-state index contributed by atoms with van der Waals surface area (Å²) in [7, 11) is 0. The van der Waals surface area contributed by atoms with Crippen LogP contribution in [0.4, 0.5) is 0 Å². The van der Waals surface area contributed by atoms with E-state index in [9.17, 15) is 0 Å². The lowest BCUT2D eigenvalue weighted by Crippen LogP contribution is -2.07. The maximum absolute atomic E-state index is 5.24. The van der Waals surface area contributed by atoms with E-state index in [2.05, 4.69) is 0 Å². The second-order valence-corrected chi connectivity index (χ2v) is 1.28. The summed E-state index contributed by atoms with van der Waals surface area (Å²) in [4.78, 5) is 0. The van der Waals surface area contributed by atoms with E-state index in [1.54, 1.807) is 0 Å². The van der Waals surface area contributed by atoms with E-state index in [0.29, 0.717) is 18.7 Å². The summed E-state index contributed by atoms with van der Waals surface area (Å²) in [5, 5.41) is 0. The highest BCUT2D eigenvalue weighted by molar-refractivity contribution is 4.92. The lowest BCUT2D eigenvalue weighted by Gasteiger charge is -1.91. The Hall–Kier alpha value is -0.700. The highest BCUT2D eigenvalue weighted by Crippen LogP contribution is 1.82. The number of rotatable bonds is 2. The molecule has 0 bridgehead atoms. The fraction of sp³-hybridized carbons (Fsp3) is 0.500. The van der Waals surface area contributed by atoms with Gasteiger partial charge >= 0.3 is 0 Å². The molecule has 0 fully saturated rings. The van der Waals surface area contributed by atoms with Crippen LogP contribution < -0.4 is 17.2 Å². The van der Waals surface area contributed by atoms with Gasteiger partial charge in [-0.05, 0) is 6.54 Å². The van der Waals surface area contributed by atoms with Crippen LogP contribution >= 0.6 is 0 Å². The first-order valence-corrected chi connectivity index (χ1v) is 2.17. The Balaban J connectivity index is 3.17. The van der Waals surface area contributed by atoms with E-state index < -0.39 is 0 Å². The maximum atomic E-state index is 5.24. The monoisotopic (exact) mass is 101 g/mol. The lowest BCUT2D eigenvalue weighted by atomic mass is 10.3. The third-order valence-corrected chi connectivity index (χ3v) is 0.647. The minimum atomic E-state index is 0.569. The van der Waals surface area contributed by atoms with Crippen LogP contribution in [0.2, 0.25) is 0 Å². The van der Waals surface area contributed by atoms with Crippen molar-refractivity contribution in [3.63, 3.8) is 0 Å². The van der Waals surface area contributed by atoms with E-state index in [4.69, 9.17) is 17.2 Å². The molecule has 0 unspecified atom stereocenters. The lowest BCUT2D eigenvalue weighted by molar-refractivity contribution is 0.931. The molecule has 0 aliphatic rings. The van der Waals surface area contributed by atoms with Gasteiger partial charge in [-0.25, -0.2) is 0 Å². The fourth-order valence-corrected chi connectivity index (χ4v) is 0.250. The molecule has 0 aromatic heterocycles. The Bertz CT molecular complexity index is 67.3. The van der Waals surface area contributed by atoms with Crippen LogP contribution in [0.15, 0.2) is 11.9 Å². The van der Waals surface area contributed by atoms with Gasteiger partial charge in [0.25, 0.3) is 0 Å². The van der Waals surface area contributed by atoms with Gasteiger partial charge in [0.1, 0.15) is 0 Å². The van der Waals surface area contributed by atoms with E-state index in [1.807, 2.05) is 0 Å². The molecule has 0 amide bonds. The Labute approximate surface area is 43.2 Å². The van der Waals surface area contributed by atoms with E-state index in [-0.39, 0.29) is 0 Å². The molecule has 0 radical (unpaired) electrons. The molecule has 3 heteroatoms. The molecule has 42 valence electrons. The third-order valence-electron chi connectivity index (χ3n) is 0.647. The second kappa shape index (κ2) is 3.49. The quantitative estimate of drug-likeness (QED) is 0.421. The molecular formula is C4H11N3. The smallest absolute Gasteiger partial charge is 0.0250 e. The van der Waals surface area contributed by atoms with Crippen molar-refractivity contribution in [2.24, 2.45) is 17.2 Å². The first-order valence-electron chi connectivity index (χ1n) is 2.17. The summed E-state index contributed by atoms with van der Waals surface area (Å²) in [6, 6.07) is 0. The van der Waals surface area contributed by atoms with Gasteiger partial charge in [-0.2, -0.15) is 0 Å². The summed E-state index contributed by atoms with van der Waals surface area (Å²) in [6.07, 6.45) is 2.06. The highest BCUT2D eigenvalue weighted by Gasteiger charge is 1.81. The molecule has 0 atom stereocenters. The van der Waals surface area contributed by atoms with Crippen molar-refractivity contribution >= 4 is 0 Å². The molecule has 0 heterocycles. The zero-order valence-corrected chi connectivity index (χ0v) is 4.22. The van der Waals surface area contributed by atoms with Gasteiger partial charge in [0, 0.05) is 18.3 Å². The van der Waals surface area contributed by atoms with Gasteiger partial charge in [0.05, 0.1) is 0 Å². The molecule has 0 aromatic carbocycles. The van der Waals surface area contributed by atoms with Crippen molar-refractivity contribution in [2.45, 2.75) is 6.42 Å². The van der Waals surface area contributed by atoms with Crippen LogP contribution in [0.25, 0.3) is 0 Å². The molecule has 0 rings (SSSR count). The van der Waals surface area contributed by atoms with Gasteiger partial charge in [-0.1, -0.05) is 0 Å². The minimum absolute atomic E-state index is 0.569. The molecular weight excluding hydrogens is 90.1 g/mol. The van der Waals surface area contributed by atoms with Crippen LogP contribution in [-0.4, -0.2) is 6.54 Å². The second-order valence-electron chi connectivity index (χ2n) is 1.28. The predicted octanol–water partition coefficient (Wildman–Crippen LogP) is -0.906. The van der Waals surface area contributed by atoms with Gasteiger partial charge in [-0.15, -0.1) is 0 Å². The van der Waals surface area contributed by atoms with Gasteiger partial charge in [0.2, 0.25) is 0 Å². The molecule has 0 aliphatic carbocycles. The SMILES string of the molecule is NC=C(N)CCN. The molecule has 7 heavy (non-hydrogen) atoms. The van der Waals surface area contributed by atoms with Crippen LogP contribution in [0, 0.1) is 0 Å². The van der Waals surface area contributed by atoms with E-state index >= 15 is 0 Å². The Morgan fingerprint density at radius 1 is 1.57 bits per heavy atom. The normalized spacial score (nSPS) is 11.9. The Morgan fingerprint density at radius 3 is 2.29 bits per heavy atom. The molecule has 6 N–H and O–H groups in total.